The van der Waals surface area contributed by atoms with Crippen molar-refractivity contribution >= 4 is 17.2 Å². The molecule has 2 aliphatic rings. The number of hydrogen-bond acceptors (Lipinski definition) is 2. The van der Waals surface area contributed by atoms with E-state index in [1.165, 1.54) is 30.6 Å². The second-order valence-electron chi connectivity index (χ2n) is 5.02. The van der Waals surface area contributed by atoms with Gasteiger partial charge in [0.15, 0.2) is 0 Å². The highest BCUT2D eigenvalue weighted by Crippen LogP contribution is 2.44. The zero-order chi connectivity index (χ0) is 11.0. The molecule has 3 rings (SSSR count). The quantitative estimate of drug-likeness (QED) is 0.835. The van der Waals surface area contributed by atoms with Gasteiger partial charge >= 0.3 is 0 Å². The molecule has 0 unspecified atom stereocenters. The molecule has 16 heavy (non-hydrogen) atoms. The molecule has 86 valence electrons. The van der Waals surface area contributed by atoms with Crippen molar-refractivity contribution in [2.24, 2.45) is 11.8 Å². The van der Waals surface area contributed by atoms with Crippen molar-refractivity contribution in [2.75, 3.05) is 0 Å². The summed E-state index contributed by atoms with van der Waals surface area (Å²) in [6.07, 6.45) is 5.84. The van der Waals surface area contributed by atoms with Gasteiger partial charge in [-0.2, -0.15) is 0 Å². The van der Waals surface area contributed by atoms with E-state index < -0.39 is 0 Å². The Bertz CT molecular complexity index is 353. The zero-order valence-corrected chi connectivity index (χ0v) is 10.1. The first kappa shape index (κ1) is 10.3. The van der Waals surface area contributed by atoms with Crippen LogP contribution in [0.25, 0.3) is 0 Å². The minimum atomic E-state index is 0.214. The molecule has 0 aliphatic heterocycles. The van der Waals surface area contributed by atoms with Gasteiger partial charge in [0, 0.05) is 10.9 Å². The molecule has 1 heterocycles. The van der Waals surface area contributed by atoms with Crippen LogP contribution < -0.4 is 5.32 Å². The smallest absolute Gasteiger partial charge is 0.225 e. The molecule has 0 aromatic carbocycles. The number of amides is 1. The molecule has 0 bridgehead atoms. The molecule has 0 atom stereocenters. The summed E-state index contributed by atoms with van der Waals surface area (Å²) in [4.78, 5) is 13.1. The van der Waals surface area contributed by atoms with Crippen molar-refractivity contribution in [1.82, 2.24) is 5.32 Å². The lowest BCUT2D eigenvalue weighted by Crippen LogP contribution is -2.38. The zero-order valence-electron chi connectivity index (χ0n) is 9.32. The van der Waals surface area contributed by atoms with Crippen LogP contribution in [0.2, 0.25) is 0 Å². The van der Waals surface area contributed by atoms with Crippen molar-refractivity contribution < 1.29 is 4.79 Å². The summed E-state index contributed by atoms with van der Waals surface area (Å²) >= 11 is 1.67. The van der Waals surface area contributed by atoms with Crippen LogP contribution in [-0.2, 0) is 11.2 Å². The predicted octanol–water partition coefficient (Wildman–Crippen LogP) is 2.60. The van der Waals surface area contributed by atoms with E-state index in [1.807, 2.05) is 17.5 Å². The van der Waals surface area contributed by atoms with Gasteiger partial charge < -0.3 is 5.32 Å². The van der Waals surface area contributed by atoms with Gasteiger partial charge in [0.25, 0.3) is 0 Å². The summed E-state index contributed by atoms with van der Waals surface area (Å²) in [5.41, 5.74) is 0. The Kier molecular flexibility index (Phi) is 2.72. The fourth-order valence-corrected chi connectivity index (χ4v) is 3.04. The lowest BCUT2D eigenvalue weighted by atomic mass is 10.1. The first-order valence-electron chi connectivity index (χ1n) is 6.14. The summed E-state index contributed by atoms with van der Waals surface area (Å²) in [6.45, 7) is 0. The van der Waals surface area contributed by atoms with Crippen LogP contribution in [0.4, 0.5) is 0 Å². The molecule has 1 amide bonds. The molecular weight excluding hydrogens is 218 g/mol. The SMILES string of the molecule is O=C(Cc1cccs1)NC(C1CC1)C1CC1. The van der Waals surface area contributed by atoms with Crippen LogP contribution >= 0.6 is 11.3 Å². The maximum atomic E-state index is 11.9. The van der Waals surface area contributed by atoms with Crippen LogP contribution in [0.1, 0.15) is 30.6 Å². The van der Waals surface area contributed by atoms with Crippen LogP contribution in [0.3, 0.4) is 0 Å². The number of carbonyl (C=O) groups excluding carboxylic acids is 1. The third-order valence-corrected chi connectivity index (χ3v) is 4.38. The van der Waals surface area contributed by atoms with Gasteiger partial charge in [-0.15, -0.1) is 11.3 Å². The molecule has 0 radical (unpaired) electrons. The third-order valence-electron chi connectivity index (χ3n) is 3.50. The molecule has 1 aromatic heterocycles. The third kappa shape index (κ3) is 2.46. The Labute approximate surface area is 100 Å². The summed E-state index contributed by atoms with van der Waals surface area (Å²) in [5.74, 6) is 1.80. The van der Waals surface area contributed by atoms with E-state index >= 15 is 0 Å². The lowest BCUT2D eigenvalue weighted by molar-refractivity contribution is -0.121. The van der Waals surface area contributed by atoms with Gasteiger partial charge in [-0.25, -0.2) is 0 Å². The summed E-state index contributed by atoms with van der Waals surface area (Å²) in [5, 5.41) is 5.28. The maximum Gasteiger partial charge on any atom is 0.225 e. The molecule has 0 saturated heterocycles. The fraction of sp³-hybridized carbons (Fsp3) is 0.615. The van der Waals surface area contributed by atoms with Crippen molar-refractivity contribution in [3.05, 3.63) is 22.4 Å². The number of thiophene rings is 1. The highest BCUT2D eigenvalue weighted by molar-refractivity contribution is 7.10. The maximum absolute atomic E-state index is 11.9. The molecule has 1 N–H and O–H groups in total. The van der Waals surface area contributed by atoms with Gasteiger partial charge in [-0.05, 0) is 49.0 Å². The minimum absolute atomic E-state index is 0.214. The number of nitrogens with one attached hydrogen (secondary N) is 1. The molecular formula is C13H17NOS. The molecule has 0 spiro atoms. The molecule has 2 nitrogen and oxygen atoms in total. The van der Waals surface area contributed by atoms with E-state index in [1.54, 1.807) is 11.3 Å². The molecule has 3 heteroatoms. The second-order valence-corrected chi connectivity index (χ2v) is 6.06. The monoisotopic (exact) mass is 235 g/mol. The minimum Gasteiger partial charge on any atom is -0.353 e. The van der Waals surface area contributed by atoms with Crippen LogP contribution in [0.5, 0.6) is 0 Å². The first-order chi connectivity index (χ1) is 7.83. The first-order valence-corrected chi connectivity index (χ1v) is 7.02. The summed E-state index contributed by atoms with van der Waals surface area (Å²) in [7, 11) is 0. The van der Waals surface area contributed by atoms with Gasteiger partial charge in [0.1, 0.15) is 0 Å². The average Bonchev–Trinajstić information content (AvgIpc) is 3.17. The standard InChI is InChI=1S/C13H17NOS/c15-12(8-11-2-1-7-16-11)14-13(9-3-4-9)10-5-6-10/h1-2,7,9-10,13H,3-6,8H2,(H,14,15). The lowest BCUT2D eigenvalue weighted by Gasteiger charge is -2.17. The molecule has 2 saturated carbocycles. The van der Waals surface area contributed by atoms with E-state index in [-0.39, 0.29) is 5.91 Å². The Morgan fingerprint density at radius 1 is 1.38 bits per heavy atom. The van der Waals surface area contributed by atoms with Crippen LogP contribution in [0, 0.1) is 11.8 Å². The predicted molar refractivity (Wildman–Crippen MR) is 65.4 cm³/mol. The Balaban J connectivity index is 1.54. The van der Waals surface area contributed by atoms with E-state index in [4.69, 9.17) is 0 Å². The van der Waals surface area contributed by atoms with Gasteiger partial charge in [0.05, 0.1) is 6.42 Å². The van der Waals surface area contributed by atoms with Crippen molar-refractivity contribution in [1.29, 1.82) is 0 Å². The van der Waals surface area contributed by atoms with Crippen molar-refractivity contribution in [3.8, 4) is 0 Å². The van der Waals surface area contributed by atoms with Gasteiger partial charge in [-0.3, -0.25) is 4.79 Å². The number of carbonyl (C=O) groups is 1. The topological polar surface area (TPSA) is 29.1 Å². The summed E-state index contributed by atoms with van der Waals surface area (Å²) < 4.78 is 0. The highest BCUT2D eigenvalue weighted by Gasteiger charge is 2.42. The molecule has 1 aromatic rings. The second kappa shape index (κ2) is 4.21. The number of hydrogen-bond donors (Lipinski definition) is 1. The largest absolute Gasteiger partial charge is 0.353 e. The van der Waals surface area contributed by atoms with Gasteiger partial charge in [-0.1, -0.05) is 6.07 Å². The van der Waals surface area contributed by atoms with E-state index in [9.17, 15) is 4.79 Å². The van der Waals surface area contributed by atoms with E-state index in [2.05, 4.69) is 5.32 Å². The normalized spacial score (nSPS) is 20.1. The van der Waals surface area contributed by atoms with E-state index in [0.29, 0.717) is 12.5 Å². The Morgan fingerprint density at radius 3 is 2.56 bits per heavy atom. The molecule has 2 fully saturated rings. The Morgan fingerprint density at radius 2 is 2.06 bits per heavy atom. The fourth-order valence-electron chi connectivity index (χ4n) is 2.34. The molecule has 2 aliphatic carbocycles. The summed E-state index contributed by atoms with van der Waals surface area (Å²) in [6, 6.07) is 4.53. The van der Waals surface area contributed by atoms with Crippen molar-refractivity contribution in [3.63, 3.8) is 0 Å². The van der Waals surface area contributed by atoms with E-state index in [0.717, 1.165) is 11.8 Å². The average molecular weight is 235 g/mol. The van der Waals surface area contributed by atoms with Crippen molar-refractivity contribution in [2.45, 2.75) is 38.1 Å². The van der Waals surface area contributed by atoms with Gasteiger partial charge in [0.2, 0.25) is 5.91 Å². The highest BCUT2D eigenvalue weighted by atomic mass is 32.1. The van der Waals surface area contributed by atoms with Crippen LogP contribution in [0.15, 0.2) is 17.5 Å². The van der Waals surface area contributed by atoms with Crippen LogP contribution in [-0.4, -0.2) is 11.9 Å². The number of rotatable bonds is 5. The Hall–Kier alpha value is -0.830.